The predicted octanol–water partition coefficient (Wildman–Crippen LogP) is 3.49. The van der Waals surface area contributed by atoms with Gasteiger partial charge in [-0.1, -0.05) is 0 Å². The van der Waals surface area contributed by atoms with Crippen LogP contribution in [0.3, 0.4) is 0 Å². The molecule has 0 fully saturated rings. The zero-order chi connectivity index (χ0) is 10.1. The van der Waals surface area contributed by atoms with Crippen LogP contribution >= 0.6 is 27.3 Å². The first-order valence-electron chi connectivity index (χ1n) is 4.16. The van der Waals surface area contributed by atoms with Crippen molar-refractivity contribution in [2.24, 2.45) is 0 Å². The molecule has 2 aromatic heterocycles. The molecule has 0 aromatic carbocycles. The summed E-state index contributed by atoms with van der Waals surface area (Å²) in [6.07, 6.45) is 0.963. The standard InChI is InChI=1S/C10H9BrO2S/c1-6-2-3-8(14-6)9(12)7-4-5-13-10(7)11/h2-5,9,12H,1H3. The third-order valence-corrected chi connectivity index (χ3v) is 3.67. The second kappa shape index (κ2) is 3.88. The predicted molar refractivity (Wildman–Crippen MR) is 59.5 cm³/mol. The molecule has 0 aliphatic rings. The number of aryl methyl sites for hydroxylation is 1. The highest BCUT2D eigenvalue weighted by atomic mass is 79.9. The molecule has 1 unspecified atom stereocenters. The first-order chi connectivity index (χ1) is 6.68. The molecule has 2 aromatic rings. The van der Waals surface area contributed by atoms with Gasteiger partial charge in [0.1, 0.15) is 6.10 Å². The molecule has 2 heterocycles. The third-order valence-electron chi connectivity index (χ3n) is 1.97. The summed E-state index contributed by atoms with van der Waals surface area (Å²) in [6.45, 7) is 2.02. The maximum absolute atomic E-state index is 10.00. The topological polar surface area (TPSA) is 33.4 Å². The number of aliphatic hydroxyl groups excluding tert-OH is 1. The van der Waals surface area contributed by atoms with Crippen molar-refractivity contribution in [2.45, 2.75) is 13.0 Å². The van der Waals surface area contributed by atoms with E-state index in [1.54, 1.807) is 23.7 Å². The van der Waals surface area contributed by atoms with Crippen LogP contribution in [0.5, 0.6) is 0 Å². The maximum Gasteiger partial charge on any atom is 0.175 e. The lowest BCUT2D eigenvalue weighted by atomic mass is 10.2. The molecule has 0 saturated heterocycles. The van der Waals surface area contributed by atoms with Crippen molar-refractivity contribution in [3.63, 3.8) is 0 Å². The van der Waals surface area contributed by atoms with Gasteiger partial charge in [0.15, 0.2) is 4.67 Å². The fraction of sp³-hybridized carbons (Fsp3) is 0.200. The molecule has 74 valence electrons. The molecule has 0 saturated carbocycles. The van der Waals surface area contributed by atoms with E-state index in [0.29, 0.717) is 4.67 Å². The van der Waals surface area contributed by atoms with Crippen molar-refractivity contribution in [1.82, 2.24) is 0 Å². The first kappa shape index (κ1) is 9.96. The van der Waals surface area contributed by atoms with Gasteiger partial charge in [-0.3, -0.25) is 0 Å². The number of thiophene rings is 1. The van der Waals surface area contributed by atoms with Gasteiger partial charge in [0.2, 0.25) is 0 Å². The summed E-state index contributed by atoms with van der Waals surface area (Å²) in [6, 6.07) is 5.70. The van der Waals surface area contributed by atoms with Gasteiger partial charge in [0.05, 0.1) is 6.26 Å². The van der Waals surface area contributed by atoms with Gasteiger partial charge in [-0.2, -0.15) is 0 Å². The molecule has 0 aliphatic heterocycles. The average molecular weight is 273 g/mol. The molecule has 4 heteroatoms. The van der Waals surface area contributed by atoms with Crippen molar-refractivity contribution in [3.05, 3.63) is 44.4 Å². The molecule has 0 amide bonds. The Kier molecular flexibility index (Phi) is 2.76. The van der Waals surface area contributed by atoms with Gasteiger partial charge in [-0.25, -0.2) is 0 Å². The van der Waals surface area contributed by atoms with Gasteiger partial charge in [0.25, 0.3) is 0 Å². The van der Waals surface area contributed by atoms with Crippen LogP contribution in [0, 0.1) is 6.92 Å². The maximum atomic E-state index is 10.00. The summed E-state index contributed by atoms with van der Waals surface area (Å²) in [5.74, 6) is 0. The van der Waals surface area contributed by atoms with E-state index in [0.717, 1.165) is 10.4 Å². The second-order valence-corrected chi connectivity index (χ2v) is 5.04. The summed E-state index contributed by atoms with van der Waals surface area (Å²) in [7, 11) is 0. The molecule has 0 aliphatic carbocycles. The second-order valence-electron chi connectivity index (χ2n) is 3.00. The Bertz CT molecular complexity index is 433. The number of halogens is 1. The summed E-state index contributed by atoms with van der Waals surface area (Å²) in [4.78, 5) is 2.13. The van der Waals surface area contributed by atoms with Gasteiger partial charge < -0.3 is 9.52 Å². The van der Waals surface area contributed by atoms with Crippen LogP contribution in [0.4, 0.5) is 0 Å². The minimum atomic E-state index is -0.596. The molecule has 2 rings (SSSR count). The molecule has 14 heavy (non-hydrogen) atoms. The number of hydrogen-bond donors (Lipinski definition) is 1. The monoisotopic (exact) mass is 272 g/mol. The fourth-order valence-electron chi connectivity index (χ4n) is 1.25. The third kappa shape index (κ3) is 1.78. The average Bonchev–Trinajstić information content (AvgIpc) is 2.73. The van der Waals surface area contributed by atoms with E-state index < -0.39 is 6.10 Å². The minimum absolute atomic E-state index is 0.594. The molecular weight excluding hydrogens is 264 g/mol. The molecule has 0 bridgehead atoms. The lowest BCUT2D eigenvalue weighted by Crippen LogP contribution is -1.95. The van der Waals surface area contributed by atoms with Crippen molar-refractivity contribution < 1.29 is 9.52 Å². The quantitative estimate of drug-likeness (QED) is 0.908. The summed E-state index contributed by atoms with van der Waals surface area (Å²) >= 11 is 4.84. The highest BCUT2D eigenvalue weighted by Gasteiger charge is 2.16. The van der Waals surface area contributed by atoms with Crippen LogP contribution in [0.25, 0.3) is 0 Å². The Balaban J connectivity index is 2.33. The summed E-state index contributed by atoms with van der Waals surface area (Å²) < 4.78 is 5.67. The van der Waals surface area contributed by atoms with Gasteiger partial charge in [-0.05, 0) is 41.1 Å². The molecular formula is C10H9BrO2S. The number of aliphatic hydroxyl groups is 1. The lowest BCUT2D eigenvalue weighted by Gasteiger charge is -2.05. The minimum Gasteiger partial charge on any atom is -0.457 e. The molecule has 0 radical (unpaired) electrons. The van der Waals surface area contributed by atoms with Crippen molar-refractivity contribution in [2.75, 3.05) is 0 Å². The van der Waals surface area contributed by atoms with E-state index in [9.17, 15) is 5.11 Å². The Morgan fingerprint density at radius 3 is 2.71 bits per heavy atom. The van der Waals surface area contributed by atoms with Crippen LogP contribution in [0.2, 0.25) is 0 Å². The molecule has 1 atom stereocenters. The molecule has 2 nitrogen and oxygen atoms in total. The van der Waals surface area contributed by atoms with E-state index in [1.807, 2.05) is 19.1 Å². The SMILES string of the molecule is Cc1ccc(C(O)c2ccoc2Br)s1. The Labute approximate surface area is 94.3 Å². The smallest absolute Gasteiger partial charge is 0.175 e. The Morgan fingerprint density at radius 2 is 2.21 bits per heavy atom. The lowest BCUT2D eigenvalue weighted by molar-refractivity contribution is 0.222. The van der Waals surface area contributed by atoms with Gasteiger partial charge in [-0.15, -0.1) is 11.3 Å². The Morgan fingerprint density at radius 1 is 1.43 bits per heavy atom. The van der Waals surface area contributed by atoms with Crippen molar-refractivity contribution in [1.29, 1.82) is 0 Å². The number of rotatable bonds is 2. The van der Waals surface area contributed by atoms with Crippen molar-refractivity contribution >= 4 is 27.3 Å². The number of hydrogen-bond acceptors (Lipinski definition) is 3. The zero-order valence-electron chi connectivity index (χ0n) is 7.53. The van der Waals surface area contributed by atoms with Crippen LogP contribution in [-0.4, -0.2) is 5.11 Å². The van der Waals surface area contributed by atoms with E-state index in [4.69, 9.17) is 4.42 Å². The number of furan rings is 1. The normalized spacial score (nSPS) is 13.1. The van der Waals surface area contributed by atoms with Crippen LogP contribution in [0.1, 0.15) is 21.4 Å². The molecule has 0 spiro atoms. The first-order valence-corrected chi connectivity index (χ1v) is 5.76. The van der Waals surface area contributed by atoms with Gasteiger partial charge in [0, 0.05) is 15.3 Å². The Hall–Kier alpha value is -0.580. The summed E-state index contributed by atoms with van der Waals surface area (Å²) in [5.41, 5.74) is 0.770. The largest absolute Gasteiger partial charge is 0.457 e. The highest BCUT2D eigenvalue weighted by Crippen LogP contribution is 2.32. The summed E-state index contributed by atoms with van der Waals surface area (Å²) in [5, 5.41) is 10.00. The van der Waals surface area contributed by atoms with E-state index >= 15 is 0 Å². The van der Waals surface area contributed by atoms with Crippen molar-refractivity contribution in [3.8, 4) is 0 Å². The van der Waals surface area contributed by atoms with Gasteiger partial charge >= 0.3 is 0 Å². The zero-order valence-corrected chi connectivity index (χ0v) is 9.93. The molecule has 1 N–H and O–H groups in total. The van der Waals surface area contributed by atoms with Crippen LogP contribution in [0.15, 0.2) is 33.5 Å². The van der Waals surface area contributed by atoms with E-state index in [2.05, 4.69) is 15.9 Å². The van der Waals surface area contributed by atoms with Crippen LogP contribution < -0.4 is 0 Å². The van der Waals surface area contributed by atoms with E-state index in [-0.39, 0.29) is 0 Å². The van der Waals surface area contributed by atoms with Crippen LogP contribution in [-0.2, 0) is 0 Å². The fourth-order valence-corrected chi connectivity index (χ4v) is 2.59. The van der Waals surface area contributed by atoms with E-state index in [1.165, 1.54) is 4.88 Å². The highest BCUT2D eigenvalue weighted by molar-refractivity contribution is 9.10.